The summed E-state index contributed by atoms with van der Waals surface area (Å²) in [6.07, 6.45) is 1.94. The van der Waals surface area contributed by atoms with Gasteiger partial charge in [0.05, 0.1) is 29.3 Å². The van der Waals surface area contributed by atoms with Gasteiger partial charge in [0.1, 0.15) is 5.69 Å². The van der Waals surface area contributed by atoms with Crippen LogP contribution in [-0.4, -0.2) is 50.3 Å². The van der Waals surface area contributed by atoms with Gasteiger partial charge in [-0.15, -0.1) is 11.3 Å². The highest BCUT2D eigenvalue weighted by atomic mass is 32.1. The smallest absolute Gasteiger partial charge is 0.271 e. The fourth-order valence-electron chi connectivity index (χ4n) is 3.61. The van der Waals surface area contributed by atoms with Gasteiger partial charge < -0.3 is 14.4 Å². The van der Waals surface area contributed by atoms with E-state index in [-0.39, 0.29) is 23.9 Å². The molecule has 4 heterocycles. The Morgan fingerprint density at radius 3 is 2.87 bits per heavy atom. The molecule has 0 unspecified atom stereocenters. The Bertz CT molecular complexity index is 781. The van der Waals surface area contributed by atoms with Gasteiger partial charge in [0.25, 0.3) is 5.91 Å². The van der Waals surface area contributed by atoms with Crippen molar-refractivity contribution in [3.05, 3.63) is 40.1 Å². The molecule has 2 aliphatic rings. The number of aryl methyl sites for hydroxylation is 1. The first-order valence-electron chi connectivity index (χ1n) is 7.69. The van der Waals surface area contributed by atoms with E-state index in [0.29, 0.717) is 25.3 Å². The number of carbonyl (C=O) groups is 2. The number of carbonyl (C=O) groups excluding carboxylic acids is 2. The zero-order valence-electron chi connectivity index (χ0n) is 13.1. The fraction of sp³-hybridized carbons (Fsp3) is 0.438. The lowest BCUT2D eigenvalue weighted by Gasteiger charge is -2.37. The van der Waals surface area contributed by atoms with Crippen LogP contribution in [0.25, 0.3) is 0 Å². The molecular formula is C16H18N4O2S. The number of likely N-dealkylation sites (tertiary alicyclic amines) is 1. The largest absolute Gasteiger partial charge is 0.339 e. The van der Waals surface area contributed by atoms with Crippen molar-refractivity contribution >= 4 is 23.2 Å². The maximum atomic E-state index is 12.9. The number of fused-ring (bicyclic) bond motifs is 3. The number of thiazole rings is 1. The number of aromatic nitrogens is 2. The van der Waals surface area contributed by atoms with Gasteiger partial charge in [-0.25, -0.2) is 4.98 Å². The molecule has 1 saturated heterocycles. The van der Waals surface area contributed by atoms with Crippen molar-refractivity contribution in [3.63, 3.8) is 0 Å². The molecule has 2 amide bonds. The summed E-state index contributed by atoms with van der Waals surface area (Å²) >= 11 is 1.59. The normalized spacial score (nSPS) is 23.1. The van der Waals surface area contributed by atoms with Gasteiger partial charge >= 0.3 is 0 Å². The average molecular weight is 330 g/mol. The number of hydrogen-bond donors (Lipinski definition) is 0. The quantitative estimate of drug-likeness (QED) is 0.842. The van der Waals surface area contributed by atoms with Gasteiger partial charge in [-0.3, -0.25) is 9.59 Å². The van der Waals surface area contributed by atoms with E-state index in [2.05, 4.69) is 4.98 Å². The molecule has 2 aliphatic heterocycles. The molecule has 0 bridgehead atoms. The summed E-state index contributed by atoms with van der Waals surface area (Å²) in [7, 11) is 0. The summed E-state index contributed by atoms with van der Waals surface area (Å²) < 4.78 is 2.03. The highest BCUT2D eigenvalue weighted by Gasteiger charge is 2.45. The maximum absolute atomic E-state index is 12.9. The molecule has 0 radical (unpaired) electrons. The molecule has 0 aliphatic carbocycles. The number of rotatable bonds is 2. The summed E-state index contributed by atoms with van der Waals surface area (Å²) in [6.45, 7) is 5.30. The molecule has 0 N–H and O–H groups in total. The van der Waals surface area contributed by atoms with Gasteiger partial charge in [0, 0.05) is 31.6 Å². The van der Waals surface area contributed by atoms with Gasteiger partial charge in [-0.1, -0.05) is 0 Å². The highest BCUT2D eigenvalue weighted by Crippen LogP contribution is 2.34. The van der Waals surface area contributed by atoms with E-state index in [1.807, 2.05) is 45.0 Å². The van der Waals surface area contributed by atoms with E-state index < -0.39 is 0 Å². The SMILES string of the molecule is CC(=O)N1C[C@@H]2[C@H](C1)N(Cc1csc(C)n1)C(=O)c1cccn12. The van der Waals surface area contributed by atoms with Crippen LogP contribution in [0.1, 0.15) is 34.2 Å². The lowest BCUT2D eigenvalue weighted by molar-refractivity contribution is -0.128. The Labute approximate surface area is 138 Å². The maximum Gasteiger partial charge on any atom is 0.271 e. The van der Waals surface area contributed by atoms with E-state index >= 15 is 0 Å². The Morgan fingerprint density at radius 1 is 1.39 bits per heavy atom. The molecule has 4 rings (SSSR count). The zero-order valence-corrected chi connectivity index (χ0v) is 13.9. The molecule has 2 atom stereocenters. The van der Waals surface area contributed by atoms with Gasteiger partial charge in [-0.2, -0.15) is 0 Å². The number of amides is 2. The molecule has 2 aromatic rings. The molecular weight excluding hydrogens is 312 g/mol. The first-order chi connectivity index (χ1) is 11.0. The van der Waals surface area contributed by atoms with E-state index in [0.717, 1.165) is 10.7 Å². The van der Waals surface area contributed by atoms with E-state index in [4.69, 9.17) is 0 Å². The van der Waals surface area contributed by atoms with Crippen molar-refractivity contribution in [1.29, 1.82) is 0 Å². The van der Waals surface area contributed by atoms with E-state index in [1.54, 1.807) is 18.3 Å². The van der Waals surface area contributed by atoms with Crippen LogP contribution in [0.5, 0.6) is 0 Å². The molecule has 2 aromatic heterocycles. The molecule has 1 fully saturated rings. The molecule has 6 nitrogen and oxygen atoms in total. The first kappa shape index (κ1) is 14.4. The van der Waals surface area contributed by atoms with Crippen molar-refractivity contribution in [2.24, 2.45) is 0 Å². The average Bonchev–Trinajstić information content (AvgIpc) is 3.21. The van der Waals surface area contributed by atoms with Crippen LogP contribution in [-0.2, 0) is 11.3 Å². The van der Waals surface area contributed by atoms with Crippen LogP contribution >= 0.6 is 11.3 Å². The molecule has 0 spiro atoms. The van der Waals surface area contributed by atoms with Crippen LogP contribution in [0.3, 0.4) is 0 Å². The van der Waals surface area contributed by atoms with E-state index in [1.165, 1.54) is 0 Å². The predicted molar refractivity (Wildman–Crippen MR) is 86.2 cm³/mol. The van der Waals surface area contributed by atoms with Crippen LogP contribution in [0.15, 0.2) is 23.7 Å². The van der Waals surface area contributed by atoms with Gasteiger partial charge in [0.2, 0.25) is 5.91 Å². The third-order valence-corrected chi connectivity index (χ3v) is 5.54. The third kappa shape index (κ3) is 2.26. The number of nitrogens with zero attached hydrogens (tertiary/aromatic N) is 4. The minimum Gasteiger partial charge on any atom is -0.339 e. The Kier molecular flexibility index (Phi) is 3.26. The minimum atomic E-state index is 0.00769. The second kappa shape index (κ2) is 5.19. The summed E-state index contributed by atoms with van der Waals surface area (Å²) in [5.74, 6) is 0.0808. The monoisotopic (exact) mass is 330 g/mol. The highest BCUT2D eigenvalue weighted by molar-refractivity contribution is 7.09. The standard InChI is InChI=1S/C16H18N4O2S/c1-10-17-12(9-23-10)6-20-15-8-18(11(2)21)7-14(15)19-5-3-4-13(19)16(20)22/h3-5,9,14-15H,6-8H2,1-2H3/t14-,15+/m1/s1. The fourth-order valence-corrected chi connectivity index (χ4v) is 4.22. The van der Waals surface area contributed by atoms with E-state index in [9.17, 15) is 9.59 Å². The van der Waals surface area contributed by atoms with Gasteiger partial charge in [0.15, 0.2) is 0 Å². The topological polar surface area (TPSA) is 58.4 Å². The Morgan fingerprint density at radius 2 is 2.17 bits per heavy atom. The first-order valence-corrected chi connectivity index (χ1v) is 8.57. The Hall–Kier alpha value is -2.15. The minimum absolute atomic E-state index is 0.00769. The molecule has 7 heteroatoms. The Balaban J connectivity index is 1.70. The third-order valence-electron chi connectivity index (χ3n) is 4.72. The number of hydrogen-bond acceptors (Lipinski definition) is 4. The lowest BCUT2D eigenvalue weighted by atomic mass is 10.1. The lowest BCUT2D eigenvalue weighted by Crippen LogP contribution is -2.49. The van der Waals surface area contributed by atoms with Crippen molar-refractivity contribution in [3.8, 4) is 0 Å². The van der Waals surface area contributed by atoms with Crippen molar-refractivity contribution in [2.45, 2.75) is 32.5 Å². The summed E-state index contributed by atoms with van der Waals surface area (Å²) in [4.78, 5) is 32.9. The second-order valence-corrected chi connectivity index (χ2v) is 7.21. The molecule has 120 valence electrons. The molecule has 23 heavy (non-hydrogen) atoms. The molecule has 0 saturated carbocycles. The van der Waals surface area contributed by atoms with Crippen LogP contribution in [0.4, 0.5) is 0 Å². The molecule has 0 aromatic carbocycles. The second-order valence-electron chi connectivity index (χ2n) is 6.15. The predicted octanol–water partition coefficient (Wildman–Crippen LogP) is 1.68. The van der Waals surface area contributed by atoms with Crippen molar-refractivity contribution in [2.75, 3.05) is 13.1 Å². The van der Waals surface area contributed by atoms with Crippen molar-refractivity contribution < 1.29 is 9.59 Å². The van der Waals surface area contributed by atoms with Crippen LogP contribution in [0, 0.1) is 6.92 Å². The van der Waals surface area contributed by atoms with Crippen LogP contribution in [0.2, 0.25) is 0 Å². The van der Waals surface area contributed by atoms with Gasteiger partial charge in [-0.05, 0) is 19.1 Å². The van der Waals surface area contributed by atoms with Crippen molar-refractivity contribution in [1.82, 2.24) is 19.4 Å². The summed E-state index contributed by atoms with van der Waals surface area (Å²) in [6, 6.07) is 3.89. The summed E-state index contributed by atoms with van der Waals surface area (Å²) in [5.41, 5.74) is 1.62. The van der Waals surface area contributed by atoms with Crippen LogP contribution < -0.4 is 0 Å². The zero-order chi connectivity index (χ0) is 16.1. The summed E-state index contributed by atoms with van der Waals surface area (Å²) in [5, 5.41) is 3.00.